The second-order valence-electron chi connectivity index (χ2n) is 16.2. The Morgan fingerprint density at radius 1 is 0.895 bits per heavy atom. The summed E-state index contributed by atoms with van der Waals surface area (Å²) < 4.78 is 47.7. The van der Waals surface area contributed by atoms with Gasteiger partial charge in [0.1, 0.15) is 16.9 Å². The highest BCUT2D eigenvalue weighted by Crippen LogP contribution is 2.42. The number of benzene rings is 2. The van der Waals surface area contributed by atoms with Gasteiger partial charge in [0.15, 0.2) is 5.75 Å². The van der Waals surface area contributed by atoms with Gasteiger partial charge in [-0.1, -0.05) is 35.9 Å². The van der Waals surface area contributed by atoms with Gasteiger partial charge in [0, 0.05) is 66.2 Å². The largest absolute Gasteiger partial charge is 0.455 e. The highest BCUT2D eigenvalue weighted by Gasteiger charge is 2.36. The summed E-state index contributed by atoms with van der Waals surface area (Å²) in [4.78, 5) is 42.8. The molecule has 0 aliphatic carbocycles. The van der Waals surface area contributed by atoms with E-state index in [9.17, 15) is 22.8 Å². The molecule has 0 saturated carbocycles. The monoisotopic (exact) mass is 792 g/mol. The number of carbonyl (C=O) groups excluding carboxylic acids is 1. The summed E-state index contributed by atoms with van der Waals surface area (Å²) in [6.07, 6.45) is 4.39. The fraction of sp³-hybridized carbons (Fsp3) is 0.349. The Morgan fingerprint density at radius 3 is 2.14 bits per heavy atom. The molecule has 1 saturated heterocycles. The molecule has 13 nitrogen and oxygen atoms in total. The van der Waals surface area contributed by atoms with Gasteiger partial charge in [-0.15, -0.1) is 0 Å². The third-order valence-corrected chi connectivity index (χ3v) is 12.1. The standard InChI is InChI=1S/C43H48N6O7S/c1-25(2)48-29(6)34(20-44-48)36-18-33-35(23-45(10)41(51)39(33)49(36)57(53,54)31-16-14-26(3)15-17-31)32-19-38(50)47(30-21-46(22-30)42(52)56-43(7,8)9)24-37(32)55-40-27(4)12-11-13-28(40)5/h11-20,23-25,30H,21-22H2,1-10H3. The number of likely N-dealkylation sites (tertiary alicyclic amines) is 1. The van der Waals surface area contributed by atoms with Crippen LogP contribution in [0.1, 0.15) is 69.1 Å². The van der Waals surface area contributed by atoms with Crippen molar-refractivity contribution in [2.45, 2.75) is 84.9 Å². The van der Waals surface area contributed by atoms with E-state index >= 15 is 0 Å². The van der Waals surface area contributed by atoms with Crippen molar-refractivity contribution in [1.29, 1.82) is 0 Å². The van der Waals surface area contributed by atoms with Gasteiger partial charge >= 0.3 is 6.09 Å². The van der Waals surface area contributed by atoms with Gasteiger partial charge in [-0.3, -0.25) is 14.3 Å². The third kappa shape index (κ3) is 7.07. The van der Waals surface area contributed by atoms with Crippen molar-refractivity contribution in [3.8, 4) is 33.9 Å². The van der Waals surface area contributed by atoms with Crippen LogP contribution < -0.4 is 15.9 Å². The van der Waals surface area contributed by atoms with E-state index in [1.807, 2.05) is 59.7 Å². The Balaban J connectivity index is 1.49. The smallest absolute Gasteiger partial charge is 0.410 e. The molecule has 57 heavy (non-hydrogen) atoms. The van der Waals surface area contributed by atoms with Crippen LogP contribution in [-0.4, -0.2) is 61.0 Å². The van der Waals surface area contributed by atoms with E-state index in [0.29, 0.717) is 39.3 Å². The number of ether oxygens (including phenoxy) is 2. The van der Waals surface area contributed by atoms with Crippen LogP contribution in [0.3, 0.4) is 0 Å². The summed E-state index contributed by atoms with van der Waals surface area (Å²) in [5, 5.41) is 4.89. The molecule has 14 heteroatoms. The number of para-hydroxylation sites is 1. The molecule has 4 aromatic heterocycles. The molecule has 0 unspecified atom stereocenters. The molecule has 0 atom stereocenters. The summed E-state index contributed by atoms with van der Waals surface area (Å²) >= 11 is 0. The first-order valence-corrected chi connectivity index (χ1v) is 20.3. The Labute approximate surface area is 331 Å². The minimum absolute atomic E-state index is 0.00998. The van der Waals surface area contributed by atoms with E-state index in [2.05, 4.69) is 5.10 Å². The van der Waals surface area contributed by atoms with E-state index in [4.69, 9.17) is 9.47 Å². The molecule has 1 aliphatic rings. The summed E-state index contributed by atoms with van der Waals surface area (Å²) in [5.41, 5.74) is 3.20. The molecular formula is C43H48N6O7S. The number of carbonyl (C=O) groups is 1. The van der Waals surface area contributed by atoms with E-state index < -0.39 is 27.3 Å². The summed E-state index contributed by atoms with van der Waals surface area (Å²) in [7, 11) is -2.82. The molecule has 1 amide bonds. The maximum absolute atomic E-state index is 14.8. The van der Waals surface area contributed by atoms with Gasteiger partial charge in [0.05, 0.1) is 29.0 Å². The van der Waals surface area contributed by atoms with Crippen LogP contribution in [0.25, 0.3) is 33.3 Å². The number of fused-ring (bicyclic) bond motifs is 1. The number of rotatable bonds is 8. The third-order valence-electron chi connectivity index (χ3n) is 10.3. The van der Waals surface area contributed by atoms with Gasteiger partial charge in [-0.2, -0.15) is 5.10 Å². The van der Waals surface area contributed by atoms with Crippen molar-refractivity contribution in [3.05, 3.63) is 116 Å². The maximum Gasteiger partial charge on any atom is 0.410 e. The lowest BCUT2D eigenvalue weighted by Crippen LogP contribution is -2.53. The average Bonchev–Trinajstić information content (AvgIpc) is 3.69. The van der Waals surface area contributed by atoms with E-state index in [0.717, 1.165) is 20.7 Å². The van der Waals surface area contributed by atoms with Crippen LogP contribution in [0.15, 0.2) is 87.7 Å². The zero-order valence-corrected chi connectivity index (χ0v) is 34.8. The number of aryl methyl sites for hydroxylation is 4. The van der Waals surface area contributed by atoms with Crippen LogP contribution >= 0.6 is 0 Å². The van der Waals surface area contributed by atoms with Crippen LogP contribution in [0.2, 0.25) is 0 Å². The molecule has 0 N–H and O–H groups in total. The lowest BCUT2D eigenvalue weighted by atomic mass is 10.0. The number of hydrogen-bond acceptors (Lipinski definition) is 8. The molecule has 298 valence electrons. The molecule has 6 aromatic rings. The van der Waals surface area contributed by atoms with Crippen molar-refractivity contribution in [2.75, 3.05) is 13.1 Å². The van der Waals surface area contributed by atoms with Crippen LogP contribution in [0, 0.1) is 27.7 Å². The Kier molecular flexibility index (Phi) is 9.83. The Morgan fingerprint density at radius 2 is 1.54 bits per heavy atom. The second-order valence-corrected chi connectivity index (χ2v) is 18.0. The van der Waals surface area contributed by atoms with Gasteiger partial charge in [-0.05, 0) is 91.6 Å². The predicted molar refractivity (Wildman–Crippen MR) is 220 cm³/mol. The van der Waals surface area contributed by atoms with Crippen molar-refractivity contribution < 1.29 is 22.7 Å². The van der Waals surface area contributed by atoms with Crippen molar-refractivity contribution >= 4 is 27.0 Å². The topological polar surface area (TPSA) is 140 Å². The lowest BCUT2D eigenvalue weighted by molar-refractivity contribution is 0.000617. The van der Waals surface area contributed by atoms with E-state index in [1.54, 1.807) is 78.8 Å². The normalized spacial score (nSPS) is 13.7. The lowest BCUT2D eigenvalue weighted by Gasteiger charge is -2.40. The summed E-state index contributed by atoms with van der Waals surface area (Å²) in [5.74, 6) is 0.896. The zero-order chi connectivity index (χ0) is 41.3. The molecule has 2 aromatic carbocycles. The maximum atomic E-state index is 14.8. The number of amides is 1. The van der Waals surface area contributed by atoms with E-state index in [-0.39, 0.29) is 46.8 Å². The van der Waals surface area contributed by atoms with E-state index in [1.165, 1.54) is 22.8 Å². The van der Waals surface area contributed by atoms with Crippen LogP contribution in [-0.2, 0) is 21.8 Å². The average molecular weight is 793 g/mol. The first kappa shape index (κ1) is 39.3. The minimum Gasteiger partial charge on any atom is -0.455 e. The molecular weight excluding hydrogens is 745 g/mol. The molecule has 0 spiro atoms. The number of pyridine rings is 2. The predicted octanol–water partition coefficient (Wildman–Crippen LogP) is 7.67. The molecule has 5 heterocycles. The summed E-state index contributed by atoms with van der Waals surface area (Å²) in [6, 6.07) is 15.0. The highest BCUT2D eigenvalue weighted by molar-refractivity contribution is 7.90. The molecule has 1 aliphatic heterocycles. The Hall–Kier alpha value is -5.89. The van der Waals surface area contributed by atoms with Crippen molar-refractivity contribution in [3.63, 3.8) is 0 Å². The molecule has 7 rings (SSSR count). The summed E-state index contributed by atoms with van der Waals surface area (Å²) in [6.45, 7) is 17.5. The minimum atomic E-state index is -4.37. The number of hydrogen-bond donors (Lipinski definition) is 0. The number of aromatic nitrogens is 5. The first-order valence-electron chi connectivity index (χ1n) is 18.9. The van der Waals surface area contributed by atoms with Crippen LogP contribution in [0.5, 0.6) is 11.5 Å². The number of nitrogens with zero attached hydrogens (tertiary/aromatic N) is 6. The SMILES string of the molecule is Cc1ccc(S(=O)(=O)n2c(-c3cnn(C(C)C)c3C)cc3c(-c4cc(=O)n(C5CN(C(=O)OC(C)(C)C)C5)cc4Oc4c(C)cccc4C)cn(C)c(=O)c32)cc1. The quantitative estimate of drug-likeness (QED) is 0.153. The first-order chi connectivity index (χ1) is 26.8. The van der Waals surface area contributed by atoms with Gasteiger partial charge < -0.3 is 23.5 Å². The fourth-order valence-corrected chi connectivity index (χ4v) is 8.85. The zero-order valence-electron chi connectivity index (χ0n) is 33.9. The van der Waals surface area contributed by atoms with Gasteiger partial charge in [0.2, 0.25) is 0 Å². The van der Waals surface area contributed by atoms with Crippen LogP contribution in [0.4, 0.5) is 4.79 Å². The second kappa shape index (κ2) is 14.2. The fourth-order valence-electron chi connectivity index (χ4n) is 7.34. The van der Waals surface area contributed by atoms with Gasteiger partial charge in [-0.25, -0.2) is 17.2 Å². The van der Waals surface area contributed by atoms with Crippen molar-refractivity contribution in [1.82, 2.24) is 27.8 Å². The molecule has 0 bridgehead atoms. The van der Waals surface area contributed by atoms with Crippen molar-refractivity contribution in [2.24, 2.45) is 7.05 Å². The van der Waals surface area contributed by atoms with Gasteiger partial charge in [0.25, 0.3) is 21.1 Å². The molecule has 1 fully saturated rings. The highest BCUT2D eigenvalue weighted by atomic mass is 32.2. The molecule has 0 radical (unpaired) electrons. The Bertz CT molecular complexity index is 2780.